The Bertz CT molecular complexity index is 942. The van der Waals surface area contributed by atoms with Crippen molar-refractivity contribution in [2.75, 3.05) is 4.72 Å². The third-order valence-electron chi connectivity index (χ3n) is 4.22. The van der Waals surface area contributed by atoms with Crippen LogP contribution in [0.5, 0.6) is 0 Å². The lowest BCUT2D eigenvalue weighted by molar-refractivity contribution is 0.0938. The second kappa shape index (κ2) is 8.76. The minimum atomic E-state index is -3.94. The molecule has 0 aliphatic rings. The predicted molar refractivity (Wildman–Crippen MR) is 110 cm³/mol. The smallest absolute Gasteiger partial charge is 0.263 e. The van der Waals surface area contributed by atoms with Crippen LogP contribution in [0.25, 0.3) is 0 Å². The van der Waals surface area contributed by atoms with Gasteiger partial charge in [0.25, 0.3) is 15.9 Å². The van der Waals surface area contributed by atoms with Crippen LogP contribution in [-0.2, 0) is 10.0 Å². The highest BCUT2D eigenvalue weighted by Crippen LogP contribution is 2.27. The first-order chi connectivity index (χ1) is 12.6. The lowest BCUT2D eigenvalue weighted by atomic mass is 10.1. The standard InChI is InChI=1S/C20H25ClN2O3S/c1-5-6-15(4)22-20(24)16-9-10-17(21)19(12-16)27(25,26)23-18-11-13(2)7-8-14(18)3/h7-12,15,23H,5-6H2,1-4H3,(H,22,24)/t15-/m1/s1. The molecule has 0 radical (unpaired) electrons. The fraction of sp³-hybridized carbons (Fsp3) is 0.350. The van der Waals surface area contributed by atoms with Crippen molar-refractivity contribution < 1.29 is 13.2 Å². The van der Waals surface area contributed by atoms with E-state index in [0.717, 1.165) is 24.0 Å². The molecule has 146 valence electrons. The zero-order valence-corrected chi connectivity index (χ0v) is 17.5. The summed E-state index contributed by atoms with van der Waals surface area (Å²) in [5, 5.41) is 2.93. The zero-order chi connectivity index (χ0) is 20.2. The fourth-order valence-corrected chi connectivity index (χ4v) is 4.36. The molecule has 0 aliphatic heterocycles. The molecule has 0 saturated carbocycles. The van der Waals surface area contributed by atoms with Crippen LogP contribution in [0.2, 0.25) is 5.02 Å². The minimum Gasteiger partial charge on any atom is -0.350 e. The predicted octanol–water partition coefficient (Wildman–Crippen LogP) is 4.68. The topological polar surface area (TPSA) is 75.3 Å². The van der Waals surface area contributed by atoms with E-state index in [0.29, 0.717) is 5.69 Å². The molecule has 27 heavy (non-hydrogen) atoms. The van der Waals surface area contributed by atoms with Crippen LogP contribution in [0.3, 0.4) is 0 Å². The first kappa shape index (κ1) is 21.3. The summed E-state index contributed by atoms with van der Waals surface area (Å²) in [6, 6.07) is 9.77. The molecular weight excluding hydrogens is 384 g/mol. The molecule has 0 aromatic heterocycles. The lowest BCUT2D eigenvalue weighted by Gasteiger charge is -2.15. The van der Waals surface area contributed by atoms with Crippen molar-refractivity contribution in [3.63, 3.8) is 0 Å². The fourth-order valence-electron chi connectivity index (χ4n) is 2.71. The molecule has 0 saturated heterocycles. The molecule has 2 N–H and O–H groups in total. The number of rotatable bonds is 7. The summed E-state index contributed by atoms with van der Waals surface area (Å²) in [7, 11) is -3.94. The van der Waals surface area contributed by atoms with E-state index in [1.807, 2.05) is 39.8 Å². The van der Waals surface area contributed by atoms with Gasteiger partial charge in [-0.15, -0.1) is 0 Å². The third kappa shape index (κ3) is 5.47. The van der Waals surface area contributed by atoms with E-state index >= 15 is 0 Å². The number of hydrogen-bond donors (Lipinski definition) is 2. The molecule has 7 heteroatoms. The summed E-state index contributed by atoms with van der Waals surface area (Å²) >= 11 is 6.13. The third-order valence-corrected chi connectivity index (χ3v) is 6.07. The zero-order valence-electron chi connectivity index (χ0n) is 16.0. The monoisotopic (exact) mass is 408 g/mol. The van der Waals surface area contributed by atoms with Gasteiger partial charge in [0, 0.05) is 11.6 Å². The summed E-state index contributed by atoms with van der Waals surface area (Å²) < 4.78 is 28.3. The molecule has 1 amide bonds. The van der Waals surface area contributed by atoms with Crippen molar-refractivity contribution in [3.05, 3.63) is 58.1 Å². The van der Waals surface area contributed by atoms with Crippen molar-refractivity contribution in [3.8, 4) is 0 Å². The van der Waals surface area contributed by atoms with Crippen molar-refractivity contribution in [1.29, 1.82) is 0 Å². The molecule has 0 aliphatic carbocycles. The van der Waals surface area contributed by atoms with Gasteiger partial charge in [0.15, 0.2) is 0 Å². The van der Waals surface area contributed by atoms with Gasteiger partial charge in [-0.2, -0.15) is 0 Å². The molecular formula is C20H25ClN2O3S. The van der Waals surface area contributed by atoms with Crippen molar-refractivity contribution >= 4 is 33.2 Å². The number of amides is 1. The average Bonchev–Trinajstić information content (AvgIpc) is 2.58. The Labute approximate surface area is 166 Å². The van der Waals surface area contributed by atoms with Crippen molar-refractivity contribution in [1.82, 2.24) is 5.32 Å². The summed E-state index contributed by atoms with van der Waals surface area (Å²) in [6.45, 7) is 7.65. The first-order valence-corrected chi connectivity index (χ1v) is 10.7. The maximum atomic E-state index is 12.9. The van der Waals surface area contributed by atoms with Crippen LogP contribution in [0.1, 0.15) is 48.2 Å². The highest BCUT2D eigenvalue weighted by Gasteiger charge is 2.21. The molecule has 2 rings (SSSR count). The minimum absolute atomic E-state index is 0.00584. The number of nitrogens with one attached hydrogen (secondary N) is 2. The van der Waals surface area contributed by atoms with E-state index in [9.17, 15) is 13.2 Å². The van der Waals surface area contributed by atoms with E-state index in [4.69, 9.17) is 11.6 Å². The van der Waals surface area contributed by atoms with Gasteiger partial charge in [0.05, 0.1) is 10.7 Å². The van der Waals surface area contributed by atoms with E-state index < -0.39 is 10.0 Å². The van der Waals surface area contributed by atoms with Crippen LogP contribution >= 0.6 is 11.6 Å². The second-order valence-electron chi connectivity index (χ2n) is 6.73. The Balaban J connectivity index is 2.33. The highest BCUT2D eigenvalue weighted by molar-refractivity contribution is 7.92. The molecule has 5 nitrogen and oxygen atoms in total. The van der Waals surface area contributed by atoms with Gasteiger partial charge in [0.2, 0.25) is 0 Å². The van der Waals surface area contributed by atoms with Crippen molar-refractivity contribution in [2.24, 2.45) is 0 Å². The number of carbonyl (C=O) groups is 1. The molecule has 0 unspecified atom stereocenters. The lowest BCUT2D eigenvalue weighted by Crippen LogP contribution is -2.32. The summed E-state index contributed by atoms with van der Waals surface area (Å²) in [5.41, 5.74) is 2.46. The summed E-state index contributed by atoms with van der Waals surface area (Å²) in [6.07, 6.45) is 1.79. The number of benzene rings is 2. The quantitative estimate of drug-likeness (QED) is 0.698. The maximum absolute atomic E-state index is 12.9. The van der Waals surface area contributed by atoms with Gasteiger partial charge in [-0.25, -0.2) is 8.42 Å². The summed E-state index contributed by atoms with van der Waals surface area (Å²) in [5.74, 6) is -0.323. The van der Waals surface area contributed by atoms with E-state index in [1.54, 1.807) is 6.07 Å². The Hall–Kier alpha value is -2.05. The van der Waals surface area contributed by atoms with Crippen molar-refractivity contribution in [2.45, 2.75) is 51.5 Å². The normalized spacial score (nSPS) is 12.5. The van der Waals surface area contributed by atoms with Crippen LogP contribution in [0, 0.1) is 13.8 Å². The van der Waals surface area contributed by atoms with Gasteiger partial charge in [-0.1, -0.05) is 37.1 Å². The number of carbonyl (C=O) groups excluding carboxylic acids is 1. The van der Waals surface area contributed by atoms with Crippen LogP contribution in [0.4, 0.5) is 5.69 Å². The van der Waals surface area contributed by atoms with Gasteiger partial charge in [-0.3, -0.25) is 9.52 Å². The molecule has 0 heterocycles. The highest BCUT2D eigenvalue weighted by atomic mass is 35.5. The SMILES string of the molecule is CCC[C@@H](C)NC(=O)c1ccc(Cl)c(S(=O)(=O)Nc2cc(C)ccc2C)c1. The van der Waals surface area contributed by atoms with Crippen LogP contribution in [-0.4, -0.2) is 20.4 Å². The molecule has 0 bridgehead atoms. The number of aryl methyl sites for hydroxylation is 2. The van der Waals surface area contributed by atoms with Gasteiger partial charge < -0.3 is 5.32 Å². The average molecular weight is 409 g/mol. The Morgan fingerprint density at radius 2 is 1.85 bits per heavy atom. The first-order valence-electron chi connectivity index (χ1n) is 8.84. The van der Waals surface area contributed by atoms with E-state index in [2.05, 4.69) is 10.0 Å². The van der Waals surface area contributed by atoms with Crippen LogP contribution < -0.4 is 10.0 Å². The Morgan fingerprint density at radius 3 is 2.52 bits per heavy atom. The van der Waals surface area contributed by atoms with Gasteiger partial charge in [0.1, 0.15) is 4.90 Å². The summed E-state index contributed by atoms with van der Waals surface area (Å²) in [4.78, 5) is 12.3. The number of sulfonamides is 1. The number of anilines is 1. The van der Waals surface area contributed by atoms with Gasteiger partial charge >= 0.3 is 0 Å². The molecule has 0 spiro atoms. The second-order valence-corrected chi connectivity index (χ2v) is 8.79. The largest absolute Gasteiger partial charge is 0.350 e. The Morgan fingerprint density at radius 1 is 1.15 bits per heavy atom. The maximum Gasteiger partial charge on any atom is 0.263 e. The van der Waals surface area contributed by atoms with E-state index in [-0.39, 0.29) is 27.4 Å². The molecule has 2 aromatic rings. The van der Waals surface area contributed by atoms with Gasteiger partial charge in [-0.05, 0) is 62.6 Å². The molecule has 1 atom stereocenters. The molecule has 2 aromatic carbocycles. The Kier molecular flexibility index (Phi) is 6.89. The number of halogens is 1. The van der Waals surface area contributed by atoms with E-state index in [1.165, 1.54) is 18.2 Å². The number of hydrogen-bond acceptors (Lipinski definition) is 3. The molecule has 0 fully saturated rings. The van der Waals surface area contributed by atoms with Crippen LogP contribution in [0.15, 0.2) is 41.3 Å².